The van der Waals surface area contributed by atoms with Crippen LogP contribution in [0.4, 0.5) is 0 Å². The lowest BCUT2D eigenvalue weighted by molar-refractivity contribution is -0.140. The Bertz CT molecular complexity index is 494. The summed E-state index contributed by atoms with van der Waals surface area (Å²) < 4.78 is 4.74. The van der Waals surface area contributed by atoms with Gasteiger partial charge in [-0.2, -0.15) is 0 Å². The van der Waals surface area contributed by atoms with Gasteiger partial charge in [-0.15, -0.1) is 0 Å². The van der Waals surface area contributed by atoms with Crippen LogP contribution < -0.4 is 0 Å². The van der Waals surface area contributed by atoms with Gasteiger partial charge in [0, 0.05) is 12.3 Å². The molecule has 0 bridgehead atoms. The minimum absolute atomic E-state index is 0.130. The summed E-state index contributed by atoms with van der Waals surface area (Å²) in [4.78, 5) is 11.3. The maximum atomic E-state index is 11.3. The van der Waals surface area contributed by atoms with Gasteiger partial charge in [0.15, 0.2) is 0 Å². The molecule has 1 saturated carbocycles. The Morgan fingerprint density at radius 3 is 2.59 bits per heavy atom. The number of methoxy groups -OCH3 is 1. The van der Waals surface area contributed by atoms with Gasteiger partial charge in [0.05, 0.1) is 13.2 Å². The number of fused-ring (bicyclic) bond motifs is 1. The summed E-state index contributed by atoms with van der Waals surface area (Å²) in [7, 11) is 1.45. The highest BCUT2D eigenvalue weighted by Crippen LogP contribution is 2.48. The zero-order valence-electron chi connectivity index (χ0n) is 17.5. The standard InChI is InChI=1S/C24H40O3/c1-3-4-5-6-7-8-9-10-11-12-13-21-22-17-19(14-15-24(26)27-2)16-20(22)18-23(21)25/h12-13,16,20-23,25H,3-11,14-15,17-18H2,1-2H3/b13-12+/t20-,21+,22-,23+/m0/s1. The molecule has 0 radical (unpaired) electrons. The lowest BCUT2D eigenvalue weighted by Crippen LogP contribution is -2.17. The molecule has 2 aliphatic rings. The van der Waals surface area contributed by atoms with Gasteiger partial charge in [-0.25, -0.2) is 0 Å². The van der Waals surface area contributed by atoms with Crippen molar-refractivity contribution in [3.05, 3.63) is 23.8 Å². The molecule has 0 aliphatic heterocycles. The molecule has 0 heterocycles. The molecule has 2 aliphatic carbocycles. The van der Waals surface area contributed by atoms with E-state index in [0.29, 0.717) is 18.3 Å². The first-order chi connectivity index (χ1) is 13.2. The van der Waals surface area contributed by atoms with Gasteiger partial charge in [-0.1, -0.05) is 75.7 Å². The maximum absolute atomic E-state index is 11.3. The summed E-state index contributed by atoms with van der Waals surface area (Å²) >= 11 is 0. The Morgan fingerprint density at radius 1 is 1.19 bits per heavy atom. The van der Waals surface area contributed by atoms with Crippen LogP contribution in [0.1, 0.15) is 90.4 Å². The highest BCUT2D eigenvalue weighted by molar-refractivity contribution is 5.69. The Morgan fingerprint density at radius 2 is 1.89 bits per heavy atom. The van der Waals surface area contributed by atoms with Gasteiger partial charge in [-0.3, -0.25) is 4.79 Å². The summed E-state index contributed by atoms with van der Waals surface area (Å²) in [5.41, 5.74) is 1.38. The van der Waals surface area contributed by atoms with Crippen molar-refractivity contribution in [1.29, 1.82) is 0 Å². The molecule has 0 amide bonds. The normalized spacial score (nSPS) is 27.1. The van der Waals surface area contributed by atoms with E-state index in [1.165, 1.54) is 64.0 Å². The third-order valence-electron chi connectivity index (χ3n) is 6.41. The van der Waals surface area contributed by atoms with Crippen LogP contribution in [-0.4, -0.2) is 24.3 Å². The lowest BCUT2D eigenvalue weighted by Gasteiger charge is -2.18. The fraction of sp³-hybridized carbons (Fsp3) is 0.792. The van der Waals surface area contributed by atoms with Crippen molar-refractivity contribution in [3.8, 4) is 0 Å². The van der Waals surface area contributed by atoms with Gasteiger partial charge in [-0.05, 0) is 43.9 Å². The highest BCUT2D eigenvalue weighted by atomic mass is 16.5. The number of allylic oxidation sites excluding steroid dienone is 3. The molecule has 2 rings (SSSR count). The molecule has 0 aromatic rings. The molecular formula is C24H40O3. The van der Waals surface area contributed by atoms with E-state index >= 15 is 0 Å². The second kappa shape index (κ2) is 12.4. The van der Waals surface area contributed by atoms with E-state index < -0.39 is 0 Å². The third kappa shape index (κ3) is 7.44. The summed E-state index contributed by atoms with van der Waals surface area (Å²) in [6.45, 7) is 2.26. The monoisotopic (exact) mass is 376 g/mol. The predicted octanol–water partition coefficient (Wildman–Crippen LogP) is 5.97. The van der Waals surface area contributed by atoms with Gasteiger partial charge in [0.25, 0.3) is 0 Å². The Labute approximate surface area is 166 Å². The van der Waals surface area contributed by atoms with Crippen LogP contribution >= 0.6 is 0 Å². The van der Waals surface area contributed by atoms with E-state index in [1.807, 2.05) is 0 Å². The second-order valence-electron chi connectivity index (χ2n) is 8.50. The number of unbranched alkanes of at least 4 members (excludes halogenated alkanes) is 8. The fourth-order valence-electron chi connectivity index (χ4n) is 4.80. The number of esters is 1. The number of hydrogen-bond acceptors (Lipinski definition) is 3. The molecule has 27 heavy (non-hydrogen) atoms. The summed E-state index contributed by atoms with van der Waals surface area (Å²) in [6, 6.07) is 0. The van der Waals surface area contributed by atoms with Gasteiger partial charge in [0.1, 0.15) is 0 Å². The molecule has 3 heteroatoms. The van der Waals surface area contributed by atoms with Gasteiger partial charge in [0.2, 0.25) is 0 Å². The first-order valence-corrected chi connectivity index (χ1v) is 11.3. The third-order valence-corrected chi connectivity index (χ3v) is 6.41. The lowest BCUT2D eigenvalue weighted by atomic mass is 9.88. The van der Waals surface area contributed by atoms with Crippen LogP contribution in [0.2, 0.25) is 0 Å². The number of aliphatic hydroxyl groups is 1. The first kappa shape index (κ1) is 22.2. The van der Waals surface area contributed by atoms with Crippen LogP contribution in [0.15, 0.2) is 23.8 Å². The number of hydrogen-bond donors (Lipinski definition) is 1. The van der Waals surface area contributed by atoms with Crippen LogP contribution in [0.25, 0.3) is 0 Å². The molecule has 1 fully saturated rings. The molecule has 0 saturated heterocycles. The van der Waals surface area contributed by atoms with E-state index in [1.54, 1.807) is 0 Å². The van der Waals surface area contributed by atoms with E-state index in [0.717, 1.165) is 25.7 Å². The molecule has 4 atom stereocenters. The zero-order valence-corrected chi connectivity index (χ0v) is 17.5. The molecule has 0 spiro atoms. The smallest absolute Gasteiger partial charge is 0.305 e. The fourth-order valence-corrected chi connectivity index (χ4v) is 4.80. The maximum Gasteiger partial charge on any atom is 0.305 e. The largest absolute Gasteiger partial charge is 0.469 e. The molecule has 0 aromatic carbocycles. The highest BCUT2D eigenvalue weighted by Gasteiger charge is 2.43. The van der Waals surface area contributed by atoms with Crippen molar-refractivity contribution in [2.45, 2.75) is 96.5 Å². The second-order valence-corrected chi connectivity index (χ2v) is 8.50. The van der Waals surface area contributed by atoms with Crippen molar-refractivity contribution in [3.63, 3.8) is 0 Å². The minimum Gasteiger partial charge on any atom is -0.469 e. The van der Waals surface area contributed by atoms with Gasteiger partial charge >= 0.3 is 5.97 Å². The van der Waals surface area contributed by atoms with Crippen molar-refractivity contribution >= 4 is 5.97 Å². The van der Waals surface area contributed by atoms with Gasteiger partial charge < -0.3 is 9.84 Å². The number of rotatable bonds is 13. The van der Waals surface area contributed by atoms with Crippen molar-refractivity contribution in [2.75, 3.05) is 7.11 Å². The SMILES string of the molecule is CCCCCCCCCC/C=C/[C@@H]1[C@H]2CC(CCC(=O)OC)=C[C@H]2C[C@H]1O. The summed E-state index contributed by atoms with van der Waals surface area (Å²) in [5, 5.41) is 10.4. The van der Waals surface area contributed by atoms with E-state index in [4.69, 9.17) is 4.74 Å². The van der Waals surface area contributed by atoms with Crippen molar-refractivity contribution < 1.29 is 14.6 Å². The van der Waals surface area contributed by atoms with Crippen LogP contribution in [0.5, 0.6) is 0 Å². The molecular weight excluding hydrogens is 336 g/mol. The number of carbonyl (C=O) groups is 1. The van der Waals surface area contributed by atoms with Crippen molar-refractivity contribution in [2.24, 2.45) is 17.8 Å². The summed E-state index contributed by atoms with van der Waals surface area (Å²) in [5.74, 6) is 1.18. The summed E-state index contributed by atoms with van der Waals surface area (Å²) in [6.07, 6.45) is 21.9. The Balaban J connectivity index is 1.62. The Kier molecular flexibility index (Phi) is 10.2. The first-order valence-electron chi connectivity index (χ1n) is 11.3. The molecule has 154 valence electrons. The molecule has 3 nitrogen and oxygen atoms in total. The molecule has 1 N–H and O–H groups in total. The topological polar surface area (TPSA) is 46.5 Å². The van der Waals surface area contributed by atoms with Crippen LogP contribution in [0.3, 0.4) is 0 Å². The quantitative estimate of drug-likeness (QED) is 0.245. The van der Waals surface area contributed by atoms with Crippen LogP contribution in [-0.2, 0) is 9.53 Å². The van der Waals surface area contributed by atoms with E-state index in [2.05, 4.69) is 25.2 Å². The Hall–Kier alpha value is -1.09. The predicted molar refractivity (Wildman–Crippen MR) is 111 cm³/mol. The average Bonchev–Trinajstić information content (AvgIpc) is 3.18. The minimum atomic E-state index is -0.201. The van der Waals surface area contributed by atoms with E-state index in [9.17, 15) is 9.90 Å². The van der Waals surface area contributed by atoms with Crippen molar-refractivity contribution in [1.82, 2.24) is 0 Å². The van der Waals surface area contributed by atoms with Crippen LogP contribution in [0, 0.1) is 17.8 Å². The van der Waals surface area contributed by atoms with E-state index in [-0.39, 0.29) is 18.0 Å². The number of ether oxygens (including phenoxy) is 1. The average molecular weight is 377 g/mol. The molecule has 0 unspecified atom stereocenters. The number of carbonyl (C=O) groups excluding carboxylic acids is 1. The molecule has 0 aromatic heterocycles. The number of aliphatic hydroxyl groups excluding tert-OH is 1. The zero-order chi connectivity index (χ0) is 19.5.